The maximum Gasteiger partial charge on any atom is 0.331 e. The van der Waals surface area contributed by atoms with Crippen LogP contribution in [0.1, 0.15) is 6.92 Å². The van der Waals surface area contributed by atoms with Crippen LogP contribution in [0, 0.1) is 0 Å². The summed E-state index contributed by atoms with van der Waals surface area (Å²) in [6.45, 7) is 1.76. The third-order valence-electron chi connectivity index (χ3n) is 1.79. The summed E-state index contributed by atoms with van der Waals surface area (Å²) in [5, 5.41) is 9.21. The van der Waals surface area contributed by atoms with E-state index in [9.17, 15) is 4.79 Å². The average Bonchev–Trinajstić information content (AvgIpc) is 2.20. The highest BCUT2D eigenvalue weighted by molar-refractivity contribution is 6.30. The zero-order valence-corrected chi connectivity index (χ0v) is 8.99. The van der Waals surface area contributed by atoms with Crippen molar-refractivity contribution in [1.29, 1.82) is 0 Å². The van der Waals surface area contributed by atoms with Crippen LogP contribution in [-0.4, -0.2) is 17.7 Å². The summed E-state index contributed by atoms with van der Waals surface area (Å²) in [5.41, 5.74) is 0.268. The molecule has 0 aliphatic heterocycles. The van der Waals surface area contributed by atoms with E-state index in [0.717, 1.165) is 0 Å². The molecule has 0 saturated heterocycles. The minimum absolute atomic E-state index is 0.236. The maximum absolute atomic E-state index is 10.4. The molecule has 0 atom stereocenters. The lowest BCUT2D eigenvalue weighted by Gasteiger charge is -2.02. The molecule has 4 heteroatoms. The molecule has 0 radical (unpaired) electrons. The van der Waals surface area contributed by atoms with Crippen LogP contribution < -0.4 is 4.74 Å². The number of rotatable bonds is 4. The summed E-state index contributed by atoms with van der Waals surface area (Å²) >= 11 is 5.69. The van der Waals surface area contributed by atoms with E-state index in [2.05, 4.69) is 0 Å². The minimum atomic E-state index is -0.935. The number of aliphatic carboxylic acids is 1. The van der Waals surface area contributed by atoms with Crippen molar-refractivity contribution in [2.24, 2.45) is 0 Å². The lowest BCUT2D eigenvalue weighted by molar-refractivity contribution is -0.132. The monoisotopic (exact) mass is 226 g/mol. The largest absolute Gasteiger partial charge is 0.490 e. The Morgan fingerprint density at radius 2 is 2.07 bits per heavy atom. The molecule has 1 N–H and O–H groups in total. The summed E-state index contributed by atoms with van der Waals surface area (Å²) in [6, 6.07) is 6.88. The lowest BCUT2D eigenvalue weighted by Crippen LogP contribution is -2.00. The fourth-order valence-electron chi connectivity index (χ4n) is 0.881. The molecule has 0 amide bonds. The molecule has 0 bridgehead atoms. The highest BCUT2D eigenvalue weighted by atomic mass is 35.5. The predicted molar refractivity (Wildman–Crippen MR) is 58.3 cm³/mol. The zero-order valence-electron chi connectivity index (χ0n) is 8.24. The smallest absolute Gasteiger partial charge is 0.331 e. The first-order chi connectivity index (χ1) is 7.09. The van der Waals surface area contributed by atoms with Gasteiger partial charge in [0.2, 0.25) is 0 Å². The van der Waals surface area contributed by atoms with Crippen molar-refractivity contribution in [2.75, 3.05) is 6.61 Å². The predicted octanol–water partition coefficient (Wildman–Crippen LogP) is 2.75. The molecule has 0 saturated carbocycles. The zero-order chi connectivity index (χ0) is 11.3. The number of carboxylic acids is 1. The van der Waals surface area contributed by atoms with E-state index in [0.29, 0.717) is 10.8 Å². The van der Waals surface area contributed by atoms with Crippen LogP contribution in [0.3, 0.4) is 0 Å². The van der Waals surface area contributed by atoms with E-state index in [1.807, 2.05) is 0 Å². The Morgan fingerprint density at radius 3 is 2.60 bits per heavy atom. The molecule has 1 rings (SSSR count). The SMILES string of the molecule is CC(=CCOc1ccc(Cl)cc1)C(=O)O. The van der Waals surface area contributed by atoms with Gasteiger partial charge < -0.3 is 9.84 Å². The molecule has 0 aliphatic carbocycles. The minimum Gasteiger partial charge on any atom is -0.490 e. The fourth-order valence-corrected chi connectivity index (χ4v) is 1.01. The molecule has 15 heavy (non-hydrogen) atoms. The van der Waals surface area contributed by atoms with Gasteiger partial charge in [-0.2, -0.15) is 0 Å². The number of carbonyl (C=O) groups is 1. The Morgan fingerprint density at radius 1 is 1.47 bits per heavy atom. The Balaban J connectivity index is 2.48. The van der Waals surface area contributed by atoms with Crippen molar-refractivity contribution in [2.45, 2.75) is 6.92 Å². The molecule has 0 unspecified atom stereocenters. The van der Waals surface area contributed by atoms with Gasteiger partial charge in [0.25, 0.3) is 0 Å². The van der Waals surface area contributed by atoms with Crippen molar-refractivity contribution in [3.8, 4) is 5.75 Å². The number of hydrogen-bond donors (Lipinski definition) is 1. The number of carboxylic acid groups (broad SMARTS) is 1. The van der Waals surface area contributed by atoms with Crippen LogP contribution in [0.15, 0.2) is 35.9 Å². The van der Waals surface area contributed by atoms with Crippen LogP contribution in [0.25, 0.3) is 0 Å². The van der Waals surface area contributed by atoms with Gasteiger partial charge in [0.05, 0.1) is 0 Å². The molecule has 1 aromatic carbocycles. The van der Waals surface area contributed by atoms with E-state index in [-0.39, 0.29) is 12.2 Å². The first-order valence-corrected chi connectivity index (χ1v) is 4.76. The van der Waals surface area contributed by atoms with Crippen molar-refractivity contribution in [3.05, 3.63) is 40.9 Å². The van der Waals surface area contributed by atoms with Gasteiger partial charge in [-0.05, 0) is 37.3 Å². The van der Waals surface area contributed by atoms with Crippen molar-refractivity contribution >= 4 is 17.6 Å². The van der Waals surface area contributed by atoms with Gasteiger partial charge in [0.15, 0.2) is 0 Å². The molecule has 0 aliphatic rings. The molecule has 80 valence electrons. The van der Waals surface area contributed by atoms with Crippen molar-refractivity contribution in [3.63, 3.8) is 0 Å². The first kappa shape index (κ1) is 11.6. The van der Waals surface area contributed by atoms with Gasteiger partial charge in [-0.25, -0.2) is 4.79 Å². The van der Waals surface area contributed by atoms with Crippen LogP contribution in [0.5, 0.6) is 5.75 Å². The van der Waals surface area contributed by atoms with Gasteiger partial charge in [-0.1, -0.05) is 11.6 Å². The Bertz CT molecular complexity index is 368. The second-order valence-corrected chi connectivity index (χ2v) is 3.39. The first-order valence-electron chi connectivity index (χ1n) is 4.38. The third-order valence-corrected chi connectivity index (χ3v) is 2.04. The van der Waals surface area contributed by atoms with E-state index >= 15 is 0 Å². The van der Waals surface area contributed by atoms with Gasteiger partial charge in [0, 0.05) is 10.6 Å². The third kappa shape index (κ3) is 4.04. The Kier molecular flexibility index (Phi) is 4.18. The summed E-state index contributed by atoms with van der Waals surface area (Å²) in [7, 11) is 0. The Hall–Kier alpha value is -1.48. The number of benzene rings is 1. The number of ether oxygens (including phenoxy) is 1. The van der Waals surface area contributed by atoms with Crippen LogP contribution in [0.2, 0.25) is 5.02 Å². The molecular formula is C11H11ClO3. The summed E-state index contributed by atoms with van der Waals surface area (Å²) in [6.07, 6.45) is 1.51. The van der Waals surface area contributed by atoms with Crippen molar-refractivity contribution < 1.29 is 14.6 Å². The fraction of sp³-hybridized carbons (Fsp3) is 0.182. The molecule has 0 fully saturated rings. The molecule has 0 spiro atoms. The molecule has 1 aromatic rings. The second-order valence-electron chi connectivity index (χ2n) is 2.96. The van der Waals surface area contributed by atoms with Crippen LogP contribution in [0.4, 0.5) is 0 Å². The van der Waals surface area contributed by atoms with E-state index < -0.39 is 5.97 Å². The highest BCUT2D eigenvalue weighted by Crippen LogP contribution is 2.15. The second kappa shape index (κ2) is 5.41. The summed E-state index contributed by atoms with van der Waals surface area (Å²) < 4.78 is 5.28. The maximum atomic E-state index is 10.4. The van der Waals surface area contributed by atoms with Crippen LogP contribution >= 0.6 is 11.6 Å². The van der Waals surface area contributed by atoms with Gasteiger partial charge in [-0.3, -0.25) is 0 Å². The van der Waals surface area contributed by atoms with E-state index in [1.54, 1.807) is 24.3 Å². The van der Waals surface area contributed by atoms with Gasteiger partial charge >= 0.3 is 5.97 Å². The molecular weight excluding hydrogens is 216 g/mol. The normalized spacial score (nSPS) is 11.2. The van der Waals surface area contributed by atoms with Gasteiger partial charge in [0.1, 0.15) is 12.4 Å². The lowest BCUT2D eigenvalue weighted by atomic mass is 10.3. The average molecular weight is 227 g/mol. The highest BCUT2D eigenvalue weighted by Gasteiger charge is 1.98. The van der Waals surface area contributed by atoms with Crippen LogP contribution in [-0.2, 0) is 4.79 Å². The standard InChI is InChI=1S/C11H11ClO3/c1-8(11(13)14)6-7-15-10-4-2-9(12)3-5-10/h2-6H,7H2,1H3,(H,13,14). The number of halogens is 1. The molecule has 0 heterocycles. The Labute approximate surface area is 92.9 Å². The quantitative estimate of drug-likeness (QED) is 0.803. The van der Waals surface area contributed by atoms with Gasteiger partial charge in [-0.15, -0.1) is 0 Å². The topological polar surface area (TPSA) is 46.5 Å². The number of hydrogen-bond acceptors (Lipinski definition) is 2. The molecule has 0 aromatic heterocycles. The van der Waals surface area contributed by atoms with Crippen molar-refractivity contribution in [1.82, 2.24) is 0 Å². The summed E-state index contributed by atoms with van der Waals surface area (Å²) in [5.74, 6) is -0.274. The molecule has 3 nitrogen and oxygen atoms in total. The summed E-state index contributed by atoms with van der Waals surface area (Å²) in [4.78, 5) is 10.4. The van der Waals surface area contributed by atoms with E-state index in [1.165, 1.54) is 13.0 Å². The van der Waals surface area contributed by atoms with E-state index in [4.69, 9.17) is 21.4 Å².